The maximum atomic E-state index is 5.39. The van der Waals surface area contributed by atoms with E-state index in [0.29, 0.717) is 0 Å². The molecule has 1 aromatic rings. The molecule has 1 aromatic heterocycles. The van der Waals surface area contributed by atoms with Crippen molar-refractivity contribution in [2.45, 2.75) is 4.90 Å². The Kier molecular flexibility index (Phi) is 2.03. The van der Waals surface area contributed by atoms with Crippen LogP contribution < -0.4 is 0 Å². The molecule has 38 valence electrons. The Hall–Kier alpha value is 0.340. The lowest BCUT2D eigenvalue weighted by Crippen LogP contribution is -1.43. The molecule has 0 atom stereocenters. The molecule has 0 saturated carbocycles. The maximum Gasteiger partial charge on any atom is 0.0340 e. The smallest absolute Gasteiger partial charge is 0.0340 e. The lowest BCUT2D eigenvalue weighted by Gasteiger charge is -1.75. The standard InChI is InChI=1S/C4H3ClS2/c5-7-4-1-2-6-3-4/h1-3H. The van der Waals surface area contributed by atoms with E-state index >= 15 is 0 Å². The van der Waals surface area contributed by atoms with Crippen molar-refractivity contribution < 1.29 is 0 Å². The van der Waals surface area contributed by atoms with E-state index in [-0.39, 0.29) is 0 Å². The van der Waals surface area contributed by atoms with E-state index in [9.17, 15) is 0 Å². The lowest BCUT2D eigenvalue weighted by atomic mass is 10.7. The van der Waals surface area contributed by atoms with E-state index in [1.807, 2.05) is 16.8 Å². The Morgan fingerprint density at radius 2 is 2.57 bits per heavy atom. The van der Waals surface area contributed by atoms with Gasteiger partial charge in [-0.3, -0.25) is 0 Å². The first kappa shape index (κ1) is 5.48. The summed E-state index contributed by atoms with van der Waals surface area (Å²) in [4.78, 5) is 1.13. The normalized spacial score (nSPS) is 9.29. The molecule has 0 unspecified atom stereocenters. The average Bonchev–Trinajstić information content (AvgIpc) is 2.14. The first-order valence-corrected chi connectivity index (χ1v) is 4.33. The summed E-state index contributed by atoms with van der Waals surface area (Å²) >= 11 is 1.66. The van der Waals surface area contributed by atoms with Crippen LogP contribution in [0.4, 0.5) is 0 Å². The summed E-state index contributed by atoms with van der Waals surface area (Å²) in [7, 11) is 6.65. The highest BCUT2D eigenvalue weighted by Gasteiger charge is 1.85. The molecule has 0 aromatic carbocycles. The van der Waals surface area contributed by atoms with Crippen LogP contribution >= 0.6 is 33.0 Å². The van der Waals surface area contributed by atoms with Crippen molar-refractivity contribution in [3.63, 3.8) is 0 Å². The van der Waals surface area contributed by atoms with Gasteiger partial charge in [0.25, 0.3) is 0 Å². The van der Waals surface area contributed by atoms with Crippen LogP contribution in [-0.2, 0) is 0 Å². The predicted octanol–water partition coefficient (Wildman–Crippen LogP) is 2.99. The zero-order chi connectivity index (χ0) is 5.11. The average molecular weight is 151 g/mol. The summed E-state index contributed by atoms with van der Waals surface area (Å²) < 4.78 is 0. The number of hydrogen-bond acceptors (Lipinski definition) is 2. The highest BCUT2D eigenvalue weighted by Crippen LogP contribution is 2.23. The van der Waals surface area contributed by atoms with Crippen LogP contribution in [0.15, 0.2) is 21.7 Å². The lowest BCUT2D eigenvalue weighted by molar-refractivity contribution is 1.62. The molecular formula is C4H3ClS2. The molecule has 0 spiro atoms. The molecule has 0 radical (unpaired) electrons. The fourth-order valence-electron chi connectivity index (χ4n) is 0.296. The molecule has 0 nitrogen and oxygen atoms in total. The Bertz CT molecular complexity index is 124. The minimum absolute atomic E-state index is 1.13. The Labute approximate surface area is 55.0 Å². The third-order valence-electron chi connectivity index (χ3n) is 0.584. The van der Waals surface area contributed by atoms with E-state index in [1.165, 1.54) is 11.0 Å². The van der Waals surface area contributed by atoms with Gasteiger partial charge >= 0.3 is 0 Å². The second-order valence-corrected chi connectivity index (χ2v) is 2.90. The molecule has 0 aliphatic carbocycles. The van der Waals surface area contributed by atoms with Crippen LogP contribution in [0.25, 0.3) is 0 Å². The van der Waals surface area contributed by atoms with Gasteiger partial charge in [0.15, 0.2) is 0 Å². The molecule has 0 aliphatic rings. The first-order valence-electron chi connectivity index (χ1n) is 1.74. The first-order chi connectivity index (χ1) is 3.43. The third kappa shape index (κ3) is 1.37. The van der Waals surface area contributed by atoms with Gasteiger partial charge in [-0.2, -0.15) is 11.3 Å². The summed E-state index contributed by atoms with van der Waals surface area (Å²) in [6.07, 6.45) is 0. The topological polar surface area (TPSA) is 0 Å². The zero-order valence-electron chi connectivity index (χ0n) is 3.43. The van der Waals surface area contributed by atoms with E-state index in [4.69, 9.17) is 10.7 Å². The van der Waals surface area contributed by atoms with Gasteiger partial charge in [-0.05, 0) is 33.1 Å². The van der Waals surface area contributed by atoms with Crippen LogP contribution in [0.3, 0.4) is 0 Å². The van der Waals surface area contributed by atoms with Crippen LogP contribution in [0, 0.1) is 0 Å². The summed E-state index contributed by atoms with van der Waals surface area (Å²) in [6.45, 7) is 0. The van der Waals surface area contributed by atoms with Gasteiger partial charge in [-0.25, -0.2) is 0 Å². The van der Waals surface area contributed by atoms with E-state index in [1.54, 1.807) is 11.3 Å². The van der Waals surface area contributed by atoms with Gasteiger partial charge in [0.1, 0.15) is 0 Å². The molecular weight excluding hydrogens is 148 g/mol. The third-order valence-corrected chi connectivity index (χ3v) is 2.38. The fourth-order valence-corrected chi connectivity index (χ4v) is 1.81. The van der Waals surface area contributed by atoms with Crippen LogP contribution in [-0.4, -0.2) is 0 Å². The minimum Gasteiger partial charge on any atom is -0.151 e. The Morgan fingerprint density at radius 3 is 2.86 bits per heavy atom. The Balaban J connectivity index is 2.76. The molecule has 1 heterocycles. The second-order valence-electron chi connectivity index (χ2n) is 1.04. The summed E-state index contributed by atoms with van der Waals surface area (Å²) in [5.74, 6) is 0. The van der Waals surface area contributed by atoms with Crippen molar-refractivity contribution in [2.75, 3.05) is 0 Å². The molecule has 3 heteroatoms. The van der Waals surface area contributed by atoms with Crippen molar-refractivity contribution in [3.8, 4) is 0 Å². The van der Waals surface area contributed by atoms with Crippen molar-refractivity contribution >= 4 is 33.0 Å². The second kappa shape index (κ2) is 2.60. The predicted molar refractivity (Wildman–Crippen MR) is 36.0 cm³/mol. The quantitative estimate of drug-likeness (QED) is 0.593. The van der Waals surface area contributed by atoms with E-state index in [2.05, 4.69) is 0 Å². The molecule has 0 amide bonds. The summed E-state index contributed by atoms with van der Waals surface area (Å²) in [6, 6.07) is 1.99. The number of halogens is 1. The maximum absolute atomic E-state index is 5.39. The molecule has 0 aliphatic heterocycles. The SMILES string of the molecule is ClSc1ccsc1. The van der Waals surface area contributed by atoms with E-state index in [0.717, 1.165) is 4.90 Å². The summed E-state index contributed by atoms with van der Waals surface area (Å²) in [5.41, 5.74) is 0. The fraction of sp³-hybridized carbons (Fsp3) is 0. The largest absolute Gasteiger partial charge is 0.151 e. The van der Waals surface area contributed by atoms with E-state index < -0.39 is 0 Å². The van der Waals surface area contributed by atoms with Crippen molar-refractivity contribution in [1.29, 1.82) is 0 Å². The van der Waals surface area contributed by atoms with Crippen molar-refractivity contribution in [3.05, 3.63) is 16.8 Å². The monoisotopic (exact) mass is 150 g/mol. The molecule has 7 heavy (non-hydrogen) atoms. The highest BCUT2D eigenvalue weighted by atomic mass is 35.7. The van der Waals surface area contributed by atoms with Crippen LogP contribution in [0.2, 0.25) is 0 Å². The number of rotatable bonds is 1. The van der Waals surface area contributed by atoms with Crippen molar-refractivity contribution in [2.24, 2.45) is 0 Å². The minimum atomic E-state index is 1.13. The van der Waals surface area contributed by atoms with Gasteiger partial charge in [-0.15, -0.1) is 0 Å². The molecule has 0 bridgehead atoms. The summed E-state index contributed by atoms with van der Waals surface area (Å²) in [5, 5.41) is 4.02. The van der Waals surface area contributed by atoms with Crippen LogP contribution in [0.1, 0.15) is 0 Å². The number of hydrogen-bond donors (Lipinski definition) is 0. The van der Waals surface area contributed by atoms with Gasteiger partial charge in [0.05, 0.1) is 0 Å². The molecule has 0 fully saturated rings. The van der Waals surface area contributed by atoms with Gasteiger partial charge in [0, 0.05) is 10.3 Å². The Morgan fingerprint density at radius 1 is 1.71 bits per heavy atom. The molecule has 0 saturated heterocycles. The van der Waals surface area contributed by atoms with Crippen LogP contribution in [0.5, 0.6) is 0 Å². The molecule has 0 N–H and O–H groups in total. The zero-order valence-corrected chi connectivity index (χ0v) is 5.82. The van der Waals surface area contributed by atoms with Gasteiger partial charge in [-0.1, -0.05) is 0 Å². The van der Waals surface area contributed by atoms with Gasteiger partial charge < -0.3 is 0 Å². The number of thiophene rings is 1. The van der Waals surface area contributed by atoms with Gasteiger partial charge in [0.2, 0.25) is 0 Å². The highest BCUT2D eigenvalue weighted by molar-refractivity contribution is 8.21. The van der Waals surface area contributed by atoms with Crippen molar-refractivity contribution in [1.82, 2.24) is 0 Å². The molecule has 1 rings (SSSR count).